The molecule has 1 aromatic heterocycles. The van der Waals surface area contributed by atoms with Gasteiger partial charge >= 0.3 is 0 Å². The average Bonchev–Trinajstić information content (AvgIpc) is 3.36. The normalized spacial score (nSPS) is 16.6. The summed E-state index contributed by atoms with van der Waals surface area (Å²) in [6.45, 7) is 1.06. The number of methoxy groups -OCH3 is 2. The van der Waals surface area contributed by atoms with Gasteiger partial charge in [-0.2, -0.15) is 9.40 Å². The van der Waals surface area contributed by atoms with Crippen molar-refractivity contribution in [1.29, 1.82) is 0 Å². The molecule has 0 bridgehead atoms. The molecule has 2 heterocycles. The van der Waals surface area contributed by atoms with Crippen molar-refractivity contribution >= 4 is 10.0 Å². The van der Waals surface area contributed by atoms with Gasteiger partial charge in [-0.15, -0.1) is 0 Å². The fourth-order valence-corrected chi connectivity index (χ4v) is 5.11. The lowest BCUT2D eigenvalue weighted by atomic mass is 10.2. The molecule has 0 radical (unpaired) electrons. The van der Waals surface area contributed by atoms with Crippen LogP contribution in [0.3, 0.4) is 0 Å². The van der Waals surface area contributed by atoms with Gasteiger partial charge in [0.2, 0.25) is 0 Å². The van der Waals surface area contributed by atoms with E-state index in [9.17, 15) is 8.42 Å². The summed E-state index contributed by atoms with van der Waals surface area (Å²) >= 11 is 0. The Bertz CT molecular complexity index is 1090. The van der Waals surface area contributed by atoms with Crippen molar-refractivity contribution in [3.63, 3.8) is 0 Å². The van der Waals surface area contributed by atoms with E-state index in [-0.39, 0.29) is 24.3 Å². The van der Waals surface area contributed by atoms with Gasteiger partial charge in [-0.05, 0) is 60.7 Å². The molecule has 0 aliphatic carbocycles. The van der Waals surface area contributed by atoms with E-state index in [0.29, 0.717) is 6.61 Å². The zero-order valence-corrected chi connectivity index (χ0v) is 19.7. The van der Waals surface area contributed by atoms with Crippen molar-refractivity contribution < 1.29 is 22.6 Å². The van der Waals surface area contributed by atoms with Crippen LogP contribution in [0.1, 0.15) is 36.6 Å². The molecule has 1 unspecified atom stereocenters. The lowest BCUT2D eigenvalue weighted by Gasteiger charge is -2.23. The lowest BCUT2D eigenvalue weighted by Crippen LogP contribution is -2.31. The van der Waals surface area contributed by atoms with Crippen molar-refractivity contribution in [2.24, 2.45) is 0 Å². The maximum absolute atomic E-state index is 13.6. The average molecular weight is 472 g/mol. The van der Waals surface area contributed by atoms with Gasteiger partial charge in [0.25, 0.3) is 10.0 Å². The molecule has 0 N–H and O–H groups in total. The van der Waals surface area contributed by atoms with Crippen LogP contribution in [-0.4, -0.2) is 43.3 Å². The minimum Gasteiger partial charge on any atom is -0.497 e. The van der Waals surface area contributed by atoms with Crippen molar-refractivity contribution in [3.8, 4) is 11.5 Å². The predicted molar refractivity (Wildman–Crippen MR) is 123 cm³/mol. The van der Waals surface area contributed by atoms with Crippen molar-refractivity contribution in [1.82, 2.24) is 14.1 Å². The first kappa shape index (κ1) is 23.3. The van der Waals surface area contributed by atoms with Gasteiger partial charge < -0.3 is 14.2 Å². The predicted octanol–water partition coefficient (Wildman–Crippen LogP) is 3.99. The molecule has 9 heteroatoms. The summed E-state index contributed by atoms with van der Waals surface area (Å²) in [6.07, 6.45) is 4.33. The van der Waals surface area contributed by atoms with Gasteiger partial charge in [-0.25, -0.2) is 13.1 Å². The number of hydrogen-bond donors (Lipinski definition) is 0. The summed E-state index contributed by atoms with van der Waals surface area (Å²) in [5.74, 6) is 1.43. The van der Waals surface area contributed by atoms with Crippen molar-refractivity contribution in [3.05, 3.63) is 71.9 Å². The fourth-order valence-electron chi connectivity index (χ4n) is 3.78. The quantitative estimate of drug-likeness (QED) is 0.469. The maximum Gasteiger partial charge on any atom is 0.262 e. The van der Waals surface area contributed by atoms with Crippen LogP contribution in [0.15, 0.2) is 65.8 Å². The van der Waals surface area contributed by atoms with Crippen molar-refractivity contribution in [2.45, 2.75) is 43.6 Å². The number of ether oxygens (including phenoxy) is 3. The molecular formula is C24H29N3O5S. The van der Waals surface area contributed by atoms with E-state index in [2.05, 4.69) is 5.10 Å². The molecule has 8 nitrogen and oxygen atoms in total. The number of hydrogen-bond acceptors (Lipinski definition) is 6. The third-order valence-corrected chi connectivity index (χ3v) is 7.36. The third kappa shape index (κ3) is 5.55. The topological polar surface area (TPSA) is 82.9 Å². The summed E-state index contributed by atoms with van der Waals surface area (Å²) in [5, 5.41) is 4.40. The van der Waals surface area contributed by atoms with Crippen LogP contribution in [0.2, 0.25) is 0 Å². The van der Waals surface area contributed by atoms with E-state index in [1.54, 1.807) is 31.2 Å². The molecule has 3 aromatic rings. The Balaban J connectivity index is 1.61. The minimum atomic E-state index is -3.86. The van der Waals surface area contributed by atoms with E-state index in [0.717, 1.165) is 41.9 Å². The van der Waals surface area contributed by atoms with E-state index in [1.807, 2.05) is 48.5 Å². The molecule has 1 fully saturated rings. The highest BCUT2D eigenvalue weighted by Crippen LogP contribution is 2.25. The Hall–Kier alpha value is -2.88. The van der Waals surface area contributed by atoms with Crippen LogP contribution in [-0.2, 0) is 27.8 Å². The Morgan fingerprint density at radius 3 is 2.00 bits per heavy atom. The molecule has 1 aliphatic heterocycles. The third-order valence-electron chi connectivity index (χ3n) is 5.67. The Labute approximate surface area is 194 Å². The van der Waals surface area contributed by atoms with E-state index in [4.69, 9.17) is 14.2 Å². The molecule has 176 valence electrons. The fraction of sp³-hybridized carbons (Fsp3) is 0.375. The lowest BCUT2D eigenvalue weighted by molar-refractivity contribution is -0.0401. The van der Waals surface area contributed by atoms with Crippen LogP contribution in [0.25, 0.3) is 0 Å². The molecule has 1 saturated heterocycles. The second-order valence-electron chi connectivity index (χ2n) is 7.92. The van der Waals surface area contributed by atoms with Crippen molar-refractivity contribution in [2.75, 3.05) is 20.8 Å². The summed E-state index contributed by atoms with van der Waals surface area (Å²) in [7, 11) is -0.665. The molecular weight excluding hydrogens is 442 g/mol. The van der Waals surface area contributed by atoms with Gasteiger partial charge in [0.1, 0.15) is 17.7 Å². The summed E-state index contributed by atoms with van der Waals surface area (Å²) in [6, 6.07) is 16.3. The van der Waals surface area contributed by atoms with Gasteiger partial charge in [-0.3, -0.25) is 0 Å². The number of benzene rings is 2. The zero-order chi connectivity index (χ0) is 23.3. The molecule has 0 spiro atoms. The molecule has 0 saturated carbocycles. The zero-order valence-electron chi connectivity index (χ0n) is 18.9. The van der Waals surface area contributed by atoms with Gasteiger partial charge in [0.15, 0.2) is 5.03 Å². The molecule has 4 rings (SSSR count). The minimum absolute atomic E-state index is 0.0127. The first-order valence-corrected chi connectivity index (χ1v) is 12.4. The van der Waals surface area contributed by atoms with Crippen LogP contribution in [0, 0.1) is 0 Å². The highest BCUT2D eigenvalue weighted by atomic mass is 32.2. The van der Waals surface area contributed by atoms with E-state index in [1.165, 1.54) is 4.31 Å². The highest BCUT2D eigenvalue weighted by molar-refractivity contribution is 7.89. The largest absolute Gasteiger partial charge is 0.497 e. The van der Waals surface area contributed by atoms with Crippen LogP contribution < -0.4 is 9.47 Å². The Kier molecular flexibility index (Phi) is 7.32. The highest BCUT2D eigenvalue weighted by Gasteiger charge is 2.29. The number of rotatable bonds is 9. The smallest absolute Gasteiger partial charge is 0.262 e. The van der Waals surface area contributed by atoms with E-state index >= 15 is 0 Å². The van der Waals surface area contributed by atoms with Crippen LogP contribution in [0.5, 0.6) is 11.5 Å². The maximum atomic E-state index is 13.6. The first-order chi connectivity index (χ1) is 16.0. The van der Waals surface area contributed by atoms with Gasteiger partial charge in [-0.1, -0.05) is 24.3 Å². The molecule has 33 heavy (non-hydrogen) atoms. The monoisotopic (exact) mass is 471 g/mol. The van der Waals surface area contributed by atoms with Gasteiger partial charge in [0.05, 0.1) is 14.2 Å². The Morgan fingerprint density at radius 1 is 0.939 bits per heavy atom. The van der Waals surface area contributed by atoms with Crippen LogP contribution >= 0.6 is 0 Å². The van der Waals surface area contributed by atoms with Gasteiger partial charge in [0, 0.05) is 25.9 Å². The summed E-state index contributed by atoms with van der Waals surface area (Å²) < 4.78 is 46.5. The molecule has 1 aliphatic rings. The molecule has 2 aromatic carbocycles. The number of nitrogens with zero attached hydrogens (tertiary/aromatic N) is 3. The van der Waals surface area contributed by atoms with Crippen LogP contribution in [0.4, 0.5) is 0 Å². The molecule has 0 amide bonds. The Morgan fingerprint density at radius 2 is 1.52 bits per heavy atom. The second kappa shape index (κ2) is 10.4. The molecule has 1 atom stereocenters. The number of aromatic nitrogens is 2. The first-order valence-electron chi connectivity index (χ1n) is 10.9. The summed E-state index contributed by atoms with van der Waals surface area (Å²) in [4.78, 5) is 0. The number of sulfonamides is 1. The SMILES string of the molecule is COc1ccc(CN(Cc2ccc(OC)cc2)S(=O)(=O)c2ccn(C3CCCCO3)n2)cc1. The summed E-state index contributed by atoms with van der Waals surface area (Å²) in [5.41, 5.74) is 1.70. The standard InChI is InChI=1S/C24H29N3O5S/c1-30-21-10-6-19(7-11-21)17-26(18-20-8-12-22(31-2)13-9-20)33(28,29)23-14-15-27(25-23)24-5-3-4-16-32-24/h6-15,24H,3-5,16-18H2,1-2H3. The van der Waals surface area contributed by atoms with E-state index < -0.39 is 10.0 Å². The second-order valence-corrected chi connectivity index (χ2v) is 9.81.